The summed E-state index contributed by atoms with van der Waals surface area (Å²) in [7, 11) is -0.366. The minimum Gasteiger partial charge on any atom is -0.399 e. The van der Waals surface area contributed by atoms with Gasteiger partial charge < -0.3 is 9.31 Å². The molecule has 1 fully saturated rings. The fourth-order valence-corrected chi connectivity index (χ4v) is 2.49. The first-order chi connectivity index (χ1) is 10.3. The highest BCUT2D eigenvalue weighted by Crippen LogP contribution is 2.36. The van der Waals surface area contributed by atoms with E-state index < -0.39 is 0 Å². The zero-order valence-corrected chi connectivity index (χ0v) is 14.4. The molecule has 0 amide bonds. The average molecular weight is 302 g/mol. The number of hydrogen-bond acceptors (Lipinski definition) is 3. The molecule has 22 heavy (non-hydrogen) atoms. The van der Waals surface area contributed by atoms with Gasteiger partial charge in [0.1, 0.15) is 0 Å². The molecule has 120 valence electrons. The summed E-state index contributed by atoms with van der Waals surface area (Å²) in [6.45, 7) is 10.3. The Hall–Kier alpha value is -1.13. The van der Waals surface area contributed by atoms with Crippen molar-refractivity contribution in [3.05, 3.63) is 29.8 Å². The van der Waals surface area contributed by atoms with E-state index in [1.165, 1.54) is 0 Å². The molecule has 0 atom stereocenters. The first-order valence-electron chi connectivity index (χ1n) is 8.25. The van der Waals surface area contributed by atoms with E-state index in [0.29, 0.717) is 6.42 Å². The lowest BCUT2D eigenvalue weighted by Crippen LogP contribution is -2.41. The van der Waals surface area contributed by atoms with Crippen LogP contribution in [0.3, 0.4) is 0 Å². The number of carbonyl (C=O) groups is 1. The Morgan fingerprint density at radius 1 is 1.00 bits per heavy atom. The third kappa shape index (κ3) is 3.61. The maximum absolute atomic E-state index is 12.1. The molecule has 1 aromatic carbocycles. The molecule has 1 aliphatic rings. The second-order valence-electron chi connectivity index (χ2n) is 7.09. The Labute approximate surface area is 134 Å². The third-order valence-corrected chi connectivity index (χ3v) is 4.77. The van der Waals surface area contributed by atoms with Crippen molar-refractivity contribution < 1.29 is 14.1 Å². The number of Topliss-reactive ketones (excluding diaryl/α,β-unsaturated/α-hetero) is 1. The van der Waals surface area contributed by atoms with Gasteiger partial charge in [0, 0.05) is 12.0 Å². The fourth-order valence-electron chi connectivity index (χ4n) is 2.49. The molecule has 4 heteroatoms. The smallest absolute Gasteiger partial charge is 0.399 e. The molecule has 0 N–H and O–H groups in total. The second-order valence-corrected chi connectivity index (χ2v) is 7.09. The number of carbonyl (C=O) groups excluding carboxylic acids is 1. The van der Waals surface area contributed by atoms with Crippen molar-refractivity contribution in [2.24, 2.45) is 0 Å². The number of ketones is 1. The van der Waals surface area contributed by atoms with Crippen LogP contribution < -0.4 is 5.46 Å². The van der Waals surface area contributed by atoms with Crippen LogP contribution in [0.2, 0.25) is 0 Å². The van der Waals surface area contributed by atoms with E-state index in [1.807, 2.05) is 52.0 Å². The van der Waals surface area contributed by atoms with Crippen LogP contribution >= 0.6 is 0 Å². The van der Waals surface area contributed by atoms with Crippen LogP contribution in [0.1, 0.15) is 70.7 Å². The van der Waals surface area contributed by atoms with Gasteiger partial charge in [0.05, 0.1) is 11.2 Å². The van der Waals surface area contributed by atoms with E-state index in [2.05, 4.69) is 6.92 Å². The zero-order chi connectivity index (χ0) is 16.4. The van der Waals surface area contributed by atoms with Crippen molar-refractivity contribution in [1.82, 2.24) is 0 Å². The van der Waals surface area contributed by atoms with Crippen LogP contribution in [-0.2, 0) is 9.31 Å². The van der Waals surface area contributed by atoms with E-state index in [1.54, 1.807) is 0 Å². The van der Waals surface area contributed by atoms with Gasteiger partial charge in [0.25, 0.3) is 0 Å². The Morgan fingerprint density at radius 2 is 1.55 bits per heavy atom. The lowest BCUT2D eigenvalue weighted by atomic mass is 9.78. The average Bonchev–Trinajstić information content (AvgIpc) is 2.68. The van der Waals surface area contributed by atoms with Crippen LogP contribution in [0.4, 0.5) is 0 Å². The van der Waals surface area contributed by atoms with Gasteiger partial charge in [-0.1, -0.05) is 44.0 Å². The Balaban J connectivity index is 2.02. The SMILES string of the molecule is CCCCCC(=O)c1ccc(B2OC(C)(C)C(C)(C)O2)cc1. The van der Waals surface area contributed by atoms with Gasteiger partial charge in [0.2, 0.25) is 0 Å². The molecular formula is C18H27BO3. The Kier molecular flexibility index (Phi) is 5.13. The van der Waals surface area contributed by atoms with Gasteiger partial charge in [-0.25, -0.2) is 0 Å². The van der Waals surface area contributed by atoms with E-state index in [9.17, 15) is 4.79 Å². The molecule has 0 spiro atoms. The highest BCUT2D eigenvalue weighted by molar-refractivity contribution is 6.62. The minimum atomic E-state index is -0.366. The van der Waals surface area contributed by atoms with Gasteiger partial charge in [-0.05, 0) is 39.6 Å². The molecule has 1 heterocycles. The molecule has 3 nitrogen and oxygen atoms in total. The third-order valence-electron chi connectivity index (χ3n) is 4.77. The molecule has 1 saturated heterocycles. The number of unbranched alkanes of at least 4 members (excludes halogenated alkanes) is 2. The molecule has 0 unspecified atom stereocenters. The summed E-state index contributed by atoms with van der Waals surface area (Å²) >= 11 is 0. The van der Waals surface area contributed by atoms with E-state index in [4.69, 9.17) is 9.31 Å². The molecule has 1 aliphatic heterocycles. The monoisotopic (exact) mass is 302 g/mol. The Morgan fingerprint density at radius 3 is 2.05 bits per heavy atom. The molecule has 2 rings (SSSR count). The summed E-state index contributed by atoms with van der Waals surface area (Å²) in [5.41, 5.74) is 1.05. The van der Waals surface area contributed by atoms with Crippen molar-refractivity contribution in [1.29, 1.82) is 0 Å². The predicted octanol–water partition coefficient (Wildman–Crippen LogP) is 3.75. The van der Waals surface area contributed by atoms with Crippen molar-refractivity contribution in [3.63, 3.8) is 0 Å². The highest BCUT2D eigenvalue weighted by Gasteiger charge is 2.51. The van der Waals surface area contributed by atoms with Gasteiger partial charge >= 0.3 is 7.12 Å². The van der Waals surface area contributed by atoms with Crippen LogP contribution in [-0.4, -0.2) is 24.1 Å². The first-order valence-corrected chi connectivity index (χ1v) is 8.25. The van der Waals surface area contributed by atoms with E-state index in [0.717, 1.165) is 30.3 Å². The van der Waals surface area contributed by atoms with Gasteiger partial charge in [0.15, 0.2) is 5.78 Å². The van der Waals surface area contributed by atoms with E-state index in [-0.39, 0.29) is 24.1 Å². The number of rotatable bonds is 6. The summed E-state index contributed by atoms with van der Waals surface area (Å²) in [5, 5.41) is 0. The highest BCUT2D eigenvalue weighted by atomic mass is 16.7. The molecule has 0 aliphatic carbocycles. The van der Waals surface area contributed by atoms with Crippen molar-refractivity contribution in [2.75, 3.05) is 0 Å². The second kappa shape index (κ2) is 6.55. The standard InChI is InChI=1S/C18H27BO3/c1-6-7-8-9-16(20)14-10-12-15(13-11-14)19-21-17(2,3)18(4,5)22-19/h10-13H,6-9H2,1-5H3. The largest absolute Gasteiger partial charge is 0.494 e. The zero-order valence-electron chi connectivity index (χ0n) is 14.4. The number of hydrogen-bond donors (Lipinski definition) is 0. The van der Waals surface area contributed by atoms with Gasteiger partial charge in [-0.3, -0.25) is 4.79 Å². The molecule has 0 aromatic heterocycles. The molecule has 0 bridgehead atoms. The molecule has 1 aromatic rings. The maximum atomic E-state index is 12.1. The van der Waals surface area contributed by atoms with Crippen LogP contribution in [0, 0.1) is 0 Å². The first kappa shape index (κ1) is 17.2. The van der Waals surface area contributed by atoms with Crippen LogP contribution in [0.15, 0.2) is 24.3 Å². The summed E-state index contributed by atoms with van der Waals surface area (Å²) in [4.78, 5) is 12.1. The van der Waals surface area contributed by atoms with Crippen LogP contribution in [0.5, 0.6) is 0 Å². The predicted molar refractivity (Wildman–Crippen MR) is 90.6 cm³/mol. The maximum Gasteiger partial charge on any atom is 0.494 e. The van der Waals surface area contributed by atoms with Crippen LogP contribution in [0.25, 0.3) is 0 Å². The van der Waals surface area contributed by atoms with E-state index >= 15 is 0 Å². The lowest BCUT2D eigenvalue weighted by molar-refractivity contribution is 0.00578. The normalized spacial score (nSPS) is 19.4. The summed E-state index contributed by atoms with van der Waals surface area (Å²) in [5.74, 6) is 0.217. The van der Waals surface area contributed by atoms with Crippen molar-refractivity contribution in [2.45, 2.75) is 71.5 Å². The van der Waals surface area contributed by atoms with Crippen molar-refractivity contribution in [3.8, 4) is 0 Å². The Bertz CT molecular complexity index is 504. The van der Waals surface area contributed by atoms with Crippen molar-refractivity contribution >= 4 is 18.4 Å². The molecular weight excluding hydrogens is 275 g/mol. The number of benzene rings is 1. The summed E-state index contributed by atoms with van der Waals surface area (Å²) in [6.07, 6.45) is 3.84. The minimum absolute atomic E-state index is 0.217. The fraction of sp³-hybridized carbons (Fsp3) is 0.611. The summed E-state index contributed by atoms with van der Waals surface area (Å²) < 4.78 is 12.0. The van der Waals surface area contributed by atoms with Gasteiger partial charge in [-0.2, -0.15) is 0 Å². The molecule has 0 radical (unpaired) electrons. The van der Waals surface area contributed by atoms with Gasteiger partial charge in [-0.15, -0.1) is 0 Å². The lowest BCUT2D eigenvalue weighted by Gasteiger charge is -2.32. The topological polar surface area (TPSA) is 35.5 Å². The summed E-state index contributed by atoms with van der Waals surface area (Å²) in [6, 6.07) is 7.65. The quantitative estimate of drug-likeness (QED) is 0.456. The molecule has 0 saturated carbocycles.